The lowest BCUT2D eigenvalue weighted by Gasteiger charge is -2.15. The van der Waals surface area contributed by atoms with Crippen LogP contribution in [0.4, 0.5) is 0 Å². The Balaban J connectivity index is 2.07. The first-order valence-electron chi connectivity index (χ1n) is 8.37. The van der Waals surface area contributed by atoms with Crippen LogP contribution in [-0.2, 0) is 6.61 Å². The molecule has 0 saturated carbocycles. The van der Waals surface area contributed by atoms with E-state index in [0.717, 1.165) is 5.56 Å². The van der Waals surface area contributed by atoms with Gasteiger partial charge in [0.2, 0.25) is 0 Å². The minimum Gasteiger partial charge on any atom is -0.477 e. The molecule has 1 N–H and O–H groups in total. The van der Waals surface area contributed by atoms with E-state index in [9.17, 15) is 5.11 Å². The molecule has 0 spiro atoms. The summed E-state index contributed by atoms with van der Waals surface area (Å²) in [5.41, 5.74) is 2.34. The van der Waals surface area contributed by atoms with Gasteiger partial charge in [-0.1, -0.05) is 41.9 Å². The molecule has 2 heterocycles. The molecule has 0 radical (unpaired) electrons. The number of aromatic nitrogens is 5. The monoisotopic (exact) mass is 397 g/mol. The molecule has 0 aliphatic heterocycles. The number of fused-ring (bicyclic) bond motifs is 1. The SMILES string of the molecule is COc1nc2ccc(Cl)c(-n3c(CO)nnc3-c3ccccc3)c2nc1OC. The Morgan fingerprint density at radius 1 is 0.964 bits per heavy atom. The Morgan fingerprint density at radius 3 is 2.36 bits per heavy atom. The average Bonchev–Trinajstić information content (AvgIpc) is 3.16. The smallest absolute Gasteiger partial charge is 0.278 e. The summed E-state index contributed by atoms with van der Waals surface area (Å²) >= 11 is 6.55. The van der Waals surface area contributed by atoms with Crippen molar-refractivity contribution in [2.75, 3.05) is 14.2 Å². The number of halogens is 1. The summed E-state index contributed by atoms with van der Waals surface area (Å²) in [6.07, 6.45) is 0. The zero-order valence-corrected chi connectivity index (χ0v) is 15.9. The number of ether oxygens (including phenoxy) is 2. The summed E-state index contributed by atoms with van der Waals surface area (Å²) < 4.78 is 12.2. The quantitative estimate of drug-likeness (QED) is 0.553. The van der Waals surface area contributed by atoms with Gasteiger partial charge in [0.1, 0.15) is 12.1 Å². The van der Waals surface area contributed by atoms with Crippen LogP contribution in [-0.4, -0.2) is 44.1 Å². The highest BCUT2D eigenvalue weighted by molar-refractivity contribution is 6.33. The zero-order chi connectivity index (χ0) is 19.7. The van der Waals surface area contributed by atoms with Gasteiger partial charge in [0.05, 0.1) is 30.4 Å². The number of hydrogen-bond donors (Lipinski definition) is 1. The van der Waals surface area contributed by atoms with E-state index in [1.165, 1.54) is 14.2 Å². The van der Waals surface area contributed by atoms with Crippen LogP contribution in [0.25, 0.3) is 28.1 Å². The van der Waals surface area contributed by atoms with Crippen molar-refractivity contribution in [1.82, 2.24) is 24.7 Å². The van der Waals surface area contributed by atoms with Gasteiger partial charge >= 0.3 is 0 Å². The predicted octanol–water partition coefficient (Wildman–Crippen LogP) is 3.04. The summed E-state index contributed by atoms with van der Waals surface area (Å²) in [5.74, 6) is 1.33. The largest absolute Gasteiger partial charge is 0.477 e. The lowest BCUT2D eigenvalue weighted by Crippen LogP contribution is -2.07. The van der Waals surface area contributed by atoms with Crippen LogP contribution in [0.15, 0.2) is 42.5 Å². The third-order valence-corrected chi connectivity index (χ3v) is 4.52. The molecule has 142 valence electrons. The molecule has 0 unspecified atom stereocenters. The number of nitrogens with zero attached hydrogens (tertiary/aromatic N) is 5. The summed E-state index contributed by atoms with van der Waals surface area (Å²) in [5, 5.41) is 18.6. The molecule has 9 heteroatoms. The van der Waals surface area contributed by atoms with Crippen molar-refractivity contribution in [2.45, 2.75) is 6.61 Å². The fourth-order valence-corrected chi connectivity index (χ4v) is 3.20. The summed E-state index contributed by atoms with van der Waals surface area (Å²) in [4.78, 5) is 8.99. The first-order chi connectivity index (χ1) is 13.7. The highest BCUT2D eigenvalue weighted by atomic mass is 35.5. The highest BCUT2D eigenvalue weighted by Gasteiger charge is 2.22. The van der Waals surface area contributed by atoms with E-state index in [0.29, 0.717) is 33.4 Å². The van der Waals surface area contributed by atoms with E-state index in [1.54, 1.807) is 16.7 Å². The van der Waals surface area contributed by atoms with Gasteiger partial charge in [0.25, 0.3) is 11.8 Å². The summed E-state index contributed by atoms with van der Waals surface area (Å²) in [6, 6.07) is 12.9. The highest BCUT2D eigenvalue weighted by Crippen LogP contribution is 2.35. The normalized spacial score (nSPS) is 11.0. The van der Waals surface area contributed by atoms with Crippen LogP contribution in [0.5, 0.6) is 11.8 Å². The second-order valence-electron chi connectivity index (χ2n) is 5.81. The first kappa shape index (κ1) is 18.1. The van der Waals surface area contributed by atoms with E-state index in [4.69, 9.17) is 21.1 Å². The van der Waals surface area contributed by atoms with Crippen molar-refractivity contribution in [1.29, 1.82) is 0 Å². The summed E-state index contributed by atoms with van der Waals surface area (Å²) in [7, 11) is 2.97. The molecule has 0 saturated heterocycles. The van der Waals surface area contributed by atoms with Gasteiger partial charge < -0.3 is 14.6 Å². The third kappa shape index (κ3) is 2.92. The van der Waals surface area contributed by atoms with Crippen molar-refractivity contribution in [3.05, 3.63) is 53.3 Å². The molecule has 0 atom stereocenters. The maximum Gasteiger partial charge on any atom is 0.278 e. The Labute approximate surface area is 165 Å². The van der Waals surface area contributed by atoms with Crippen LogP contribution >= 0.6 is 11.6 Å². The van der Waals surface area contributed by atoms with E-state index < -0.39 is 0 Å². The van der Waals surface area contributed by atoms with Gasteiger partial charge in [0, 0.05) is 5.56 Å². The van der Waals surface area contributed by atoms with E-state index in [1.807, 2.05) is 30.3 Å². The number of rotatable bonds is 5. The topological polar surface area (TPSA) is 95.2 Å². The predicted molar refractivity (Wildman–Crippen MR) is 104 cm³/mol. The lowest BCUT2D eigenvalue weighted by atomic mass is 10.2. The van der Waals surface area contributed by atoms with Crippen LogP contribution in [0.2, 0.25) is 5.02 Å². The van der Waals surface area contributed by atoms with Crippen molar-refractivity contribution >= 4 is 22.6 Å². The van der Waals surface area contributed by atoms with Crippen LogP contribution in [0.3, 0.4) is 0 Å². The van der Waals surface area contributed by atoms with Gasteiger partial charge in [-0.3, -0.25) is 4.57 Å². The molecule has 0 fully saturated rings. The van der Waals surface area contributed by atoms with Gasteiger partial charge in [-0.2, -0.15) is 0 Å². The number of aliphatic hydroxyl groups is 1. The van der Waals surface area contributed by atoms with Crippen molar-refractivity contribution in [2.24, 2.45) is 0 Å². The van der Waals surface area contributed by atoms with E-state index in [-0.39, 0.29) is 18.4 Å². The second kappa shape index (κ2) is 7.41. The Hall–Kier alpha value is -3.23. The van der Waals surface area contributed by atoms with Crippen LogP contribution in [0.1, 0.15) is 5.82 Å². The van der Waals surface area contributed by atoms with E-state index in [2.05, 4.69) is 20.2 Å². The molecule has 2 aromatic heterocycles. The van der Waals surface area contributed by atoms with Gasteiger partial charge in [-0.05, 0) is 12.1 Å². The Bertz CT molecular complexity index is 1150. The average molecular weight is 398 g/mol. The van der Waals surface area contributed by atoms with E-state index >= 15 is 0 Å². The zero-order valence-electron chi connectivity index (χ0n) is 15.1. The Kier molecular flexibility index (Phi) is 4.81. The van der Waals surface area contributed by atoms with Gasteiger partial charge in [-0.25, -0.2) is 9.97 Å². The van der Waals surface area contributed by atoms with Crippen LogP contribution < -0.4 is 9.47 Å². The molecule has 2 aromatic carbocycles. The maximum atomic E-state index is 9.84. The fraction of sp³-hybridized carbons (Fsp3) is 0.158. The standard InChI is InChI=1S/C19H16ClN5O3/c1-27-18-19(28-2)22-15-13(21-18)9-8-12(20)16(15)25-14(10-26)23-24-17(25)11-6-4-3-5-7-11/h3-9,26H,10H2,1-2H3. The number of hydrogen-bond acceptors (Lipinski definition) is 7. The summed E-state index contributed by atoms with van der Waals surface area (Å²) in [6.45, 7) is -0.326. The lowest BCUT2D eigenvalue weighted by molar-refractivity contribution is 0.269. The molecule has 0 aliphatic carbocycles. The maximum absolute atomic E-state index is 9.84. The second-order valence-corrected chi connectivity index (χ2v) is 6.21. The van der Waals surface area contributed by atoms with Gasteiger partial charge in [-0.15, -0.1) is 10.2 Å². The number of benzene rings is 2. The fourth-order valence-electron chi connectivity index (χ4n) is 2.96. The molecular weight excluding hydrogens is 382 g/mol. The molecule has 8 nitrogen and oxygen atoms in total. The van der Waals surface area contributed by atoms with Crippen molar-refractivity contribution in [3.8, 4) is 28.8 Å². The number of aliphatic hydroxyl groups excluding tert-OH is 1. The van der Waals surface area contributed by atoms with Crippen molar-refractivity contribution in [3.63, 3.8) is 0 Å². The third-order valence-electron chi connectivity index (χ3n) is 4.21. The molecule has 4 rings (SSSR count). The molecule has 0 bridgehead atoms. The molecule has 0 aliphatic rings. The first-order valence-corrected chi connectivity index (χ1v) is 8.75. The molecular formula is C19H16ClN5O3. The van der Waals surface area contributed by atoms with Gasteiger partial charge in [0.15, 0.2) is 11.6 Å². The number of methoxy groups -OCH3 is 2. The molecule has 4 aromatic rings. The molecule has 0 amide bonds. The van der Waals surface area contributed by atoms with Crippen molar-refractivity contribution < 1.29 is 14.6 Å². The Morgan fingerprint density at radius 2 is 1.68 bits per heavy atom. The van der Waals surface area contributed by atoms with Crippen LogP contribution in [0, 0.1) is 0 Å². The minimum atomic E-state index is -0.326. The minimum absolute atomic E-state index is 0.221. The molecule has 28 heavy (non-hydrogen) atoms.